The van der Waals surface area contributed by atoms with Crippen LogP contribution in [-0.2, 0) is 0 Å². The van der Waals surface area contributed by atoms with Crippen molar-refractivity contribution >= 4 is 5.69 Å². The quantitative estimate of drug-likeness (QED) is 0.870. The van der Waals surface area contributed by atoms with Crippen LogP contribution in [0.2, 0.25) is 0 Å². The van der Waals surface area contributed by atoms with Crippen LogP contribution in [0.3, 0.4) is 0 Å². The van der Waals surface area contributed by atoms with E-state index < -0.39 is 0 Å². The smallest absolute Gasteiger partial charge is 0.146 e. The number of para-hydroxylation sites is 1. The third-order valence-corrected chi connectivity index (χ3v) is 3.84. The summed E-state index contributed by atoms with van der Waals surface area (Å²) in [4.78, 5) is 2.18. The highest BCUT2D eigenvalue weighted by Crippen LogP contribution is 2.31. The Labute approximate surface area is 109 Å². The lowest BCUT2D eigenvalue weighted by Crippen LogP contribution is -2.27. The molecule has 0 amide bonds. The summed E-state index contributed by atoms with van der Waals surface area (Å²) >= 11 is 0. The van der Waals surface area contributed by atoms with E-state index in [1.165, 1.54) is 12.5 Å². The van der Waals surface area contributed by atoms with Gasteiger partial charge in [-0.15, -0.1) is 0 Å². The number of halogens is 1. The summed E-state index contributed by atoms with van der Waals surface area (Å²) in [5.74, 6) is 0.597. The van der Waals surface area contributed by atoms with Crippen molar-refractivity contribution < 1.29 is 4.39 Å². The van der Waals surface area contributed by atoms with E-state index in [-0.39, 0.29) is 11.9 Å². The maximum Gasteiger partial charge on any atom is 0.146 e. The Morgan fingerprint density at radius 1 is 1.33 bits per heavy atom. The summed E-state index contributed by atoms with van der Waals surface area (Å²) < 4.78 is 14.1. The van der Waals surface area contributed by atoms with Crippen LogP contribution in [0.1, 0.15) is 44.7 Å². The minimum atomic E-state index is -0.139. The van der Waals surface area contributed by atoms with Crippen molar-refractivity contribution in [2.45, 2.75) is 39.2 Å². The van der Waals surface area contributed by atoms with Gasteiger partial charge in [-0.1, -0.05) is 19.1 Å². The molecule has 1 aliphatic rings. The van der Waals surface area contributed by atoms with E-state index in [4.69, 9.17) is 5.73 Å². The lowest BCUT2D eigenvalue weighted by atomic mass is 10.0. The first kappa shape index (κ1) is 13.3. The first-order valence-corrected chi connectivity index (χ1v) is 6.88. The zero-order valence-electron chi connectivity index (χ0n) is 11.3. The van der Waals surface area contributed by atoms with Gasteiger partial charge in [-0.05, 0) is 43.7 Å². The number of nitrogens with zero attached hydrogens (tertiary/aromatic N) is 1. The van der Waals surface area contributed by atoms with Gasteiger partial charge < -0.3 is 10.6 Å². The Balaban J connectivity index is 2.31. The van der Waals surface area contributed by atoms with Crippen molar-refractivity contribution in [3.63, 3.8) is 0 Å². The fourth-order valence-electron chi connectivity index (χ4n) is 2.72. The van der Waals surface area contributed by atoms with Gasteiger partial charge >= 0.3 is 0 Å². The summed E-state index contributed by atoms with van der Waals surface area (Å²) in [6, 6.07) is 5.10. The number of rotatable bonds is 2. The molecule has 0 spiro atoms. The molecule has 1 unspecified atom stereocenters. The Kier molecular flexibility index (Phi) is 4.23. The Morgan fingerprint density at radius 3 is 2.83 bits per heavy atom. The molecule has 1 heterocycles. The van der Waals surface area contributed by atoms with E-state index >= 15 is 0 Å². The molecule has 0 aromatic heterocycles. The van der Waals surface area contributed by atoms with Crippen LogP contribution < -0.4 is 10.6 Å². The molecule has 2 N–H and O–H groups in total. The Morgan fingerprint density at radius 2 is 2.11 bits per heavy atom. The molecule has 100 valence electrons. The van der Waals surface area contributed by atoms with Crippen molar-refractivity contribution in [1.82, 2.24) is 0 Å². The summed E-state index contributed by atoms with van der Waals surface area (Å²) in [6.45, 7) is 6.06. The monoisotopic (exact) mass is 250 g/mol. The molecule has 1 aromatic rings. The van der Waals surface area contributed by atoms with Crippen molar-refractivity contribution in [2.75, 3.05) is 18.0 Å². The third-order valence-electron chi connectivity index (χ3n) is 3.84. The maximum absolute atomic E-state index is 14.1. The molecule has 0 bridgehead atoms. The van der Waals surface area contributed by atoms with E-state index in [9.17, 15) is 4.39 Å². The van der Waals surface area contributed by atoms with Gasteiger partial charge in [0.05, 0.1) is 5.69 Å². The predicted octanol–water partition coefficient (Wildman–Crippen LogP) is 3.47. The molecule has 2 nitrogen and oxygen atoms in total. The summed E-state index contributed by atoms with van der Waals surface area (Å²) in [6.07, 6.45) is 3.50. The van der Waals surface area contributed by atoms with Gasteiger partial charge in [-0.25, -0.2) is 4.39 Å². The second kappa shape index (κ2) is 5.70. The van der Waals surface area contributed by atoms with Gasteiger partial charge in [0, 0.05) is 19.1 Å². The van der Waals surface area contributed by atoms with Crippen LogP contribution in [-0.4, -0.2) is 13.1 Å². The number of anilines is 1. The first-order chi connectivity index (χ1) is 8.59. The zero-order chi connectivity index (χ0) is 13.1. The average Bonchev–Trinajstić information content (AvgIpc) is 2.53. The van der Waals surface area contributed by atoms with E-state index in [0.29, 0.717) is 0 Å². The predicted molar refractivity (Wildman–Crippen MR) is 74.2 cm³/mol. The number of nitrogens with two attached hydrogens (primary N) is 1. The number of hydrogen-bond donors (Lipinski definition) is 1. The first-order valence-electron chi connectivity index (χ1n) is 6.88. The highest BCUT2D eigenvalue weighted by atomic mass is 19.1. The molecule has 1 aromatic carbocycles. The molecule has 1 aliphatic heterocycles. The normalized spacial score (nSPS) is 22.7. The second-order valence-corrected chi connectivity index (χ2v) is 5.49. The Hall–Kier alpha value is -1.09. The minimum absolute atomic E-state index is 0.128. The SMILES string of the molecule is CC1CCCN(c2c(F)cccc2[C@@H](C)N)CC1. The molecule has 0 saturated carbocycles. The molecule has 18 heavy (non-hydrogen) atoms. The lowest BCUT2D eigenvalue weighted by molar-refractivity contribution is 0.520. The molecular weight excluding hydrogens is 227 g/mol. The largest absolute Gasteiger partial charge is 0.369 e. The van der Waals surface area contributed by atoms with Gasteiger partial charge in [0.1, 0.15) is 5.82 Å². The minimum Gasteiger partial charge on any atom is -0.369 e. The summed E-state index contributed by atoms with van der Waals surface area (Å²) in [5, 5.41) is 0. The van der Waals surface area contributed by atoms with Crippen LogP contribution in [0.5, 0.6) is 0 Å². The third kappa shape index (κ3) is 2.83. The second-order valence-electron chi connectivity index (χ2n) is 5.49. The zero-order valence-corrected chi connectivity index (χ0v) is 11.3. The van der Waals surface area contributed by atoms with Crippen LogP contribution >= 0.6 is 0 Å². The van der Waals surface area contributed by atoms with Crippen molar-refractivity contribution in [3.8, 4) is 0 Å². The van der Waals surface area contributed by atoms with Gasteiger partial charge in [-0.2, -0.15) is 0 Å². The molecule has 3 heteroatoms. The highest BCUT2D eigenvalue weighted by molar-refractivity contribution is 5.56. The van der Waals surface area contributed by atoms with Crippen LogP contribution in [0, 0.1) is 11.7 Å². The van der Waals surface area contributed by atoms with E-state index in [2.05, 4.69) is 11.8 Å². The molecule has 2 atom stereocenters. The van der Waals surface area contributed by atoms with E-state index in [0.717, 1.165) is 43.1 Å². The molecule has 0 radical (unpaired) electrons. The number of benzene rings is 1. The maximum atomic E-state index is 14.1. The fraction of sp³-hybridized carbons (Fsp3) is 0.600. The highest BCUT2D eigenvalue weighted by Gasteiger charge is 2.20. The van der Waals surface area contributed by atoms with Crippen LogP contribution in [0.4, 0.5) is 10.1 Å². The topological polar surface area (TPSA) is 29.3 Å². The van der Waals surface area contributed by atoms with E-state index in [1.54, 1.807) is 6.07 Å². The average molecular weight is 250 g/mol. The van der Waals surface area contributed by atoms with Crippen molar-refractivity contribution in [1.29, 1.82) is 0 Å². The molecule has 2 rings (SSSR count). The van der Waals surface area contributed by atoms with Gasteiger partial charge in [0.2, 0.25) is 0 Å². The lowest BCUT2D eigenvalue weighted by Gasteiger charge is -2.27. The van der Waals surface area contributed by atoms with Crippen LogP contribution in [0.15, 0.2) is 18.2 Å². The fourth-order valence-corrected chi connectivity index (χ4v) is 2.72. The van der Waals surface area contributed by atoms with Gasteiger partial charge in [-0.3, -0.25) is 0 Å². The molecule has 1 saturated heterocycles. The molecular formula is C15H23FN2. The molecule has 0 aliphatic carbocycles. The summed E-state index contributed by atoms with van der Waals surface area (Å²) in [5.41, 5.74) is 7.61. The standard InChI is InChI=1S/C15H23FN2/c1-11-5-4-9-18(10-8-11)15-13(12(2)17)6-3-7-14(15)16/h3,6-7,11-12H,4-5,8-10,17H2,1-2H3/t11?,12-/m1/s1. The molecule has 1 fully saturated rings. The van der Waals surface area contributed by atoms with Gasteiger partial charge in [0.25, 0.3) is 0 Å². The summed E-state index contributed by atoms with van der Waals surface area (Å²) in [7, 11) is 0. The van der Waals surface area contributed by atoms with E-state index in [1.807, 2.05) is 13.0 Å². The van der Waals surface area contributed by atoms with Gasteiger partial charge in [0.15, 0.2) is 0 Å². The van der Waals surface area contributed by atoms with Crippen LogP contribution in [0.25, 0.3) is 0 Å². The Bertz CT molecular complexity index is 403. The van der Waals surface area contributed by atoms with Crippen molar-refractivity contribution in [2.24, 2.45) is 11.7 Å². The number of hydrogen-bond acceptors (Lipinski definition) is 2. The van der Waals surface area contributed by atoms with Crippen molar-refractivity contribution in [3.05, 3.63) is 29.6 Å².